The molecule has 2 aromatic heterocycles. The number of carbonyl (C=O) groups is 1. The van der Waals surface area contributed by atoms with Gasteiger partial charge in [-0.1, -0.05) is 0 Å². The predicted octanol–water partition coefficient (Wildman–Crippen LogP) is 6.44. The van der Waals surface area contributed by atoms with E-state index >= 15 is 0 Å². The zero-order valence-electron chi connectivity index (χ0n) is 18.8. The molecule has 4 rings (SSSR count). The van der Waals surface area contributed by atoms with E-state index in [1.165, 1.54) is 17.8 Å². The largest absolute Gasteiger partial charge is 0.444 e. The lowest BCUT2D eigenvalue weighted by Crippen LogP contribution is -2.41. The molecular formula is C24H27F3N4O2. The quantitative estimate of drug-likeness (QED) is 0.472. The highest BCUT2D eigenvalue weighted by Gasteiger charge is 2.32. The third-order valence-electron chi connectivity index (χ3n) is 5.64. The number of carbonyl (C=O) groups excluding carboxylic acids is 1. The Hall–Kier alpha value is -3.23. The number of amides is 1. The zero-order chi connectivity index (χ0) is 23.8. The fourth-order valence-electron chi connectivity index (χ4n) is 4.06. The molecule has 1 aliphatic heterocycles. The van der Waals surface area contributed by atoms with Crippen molar-refractivity contribution in [2.24, 2.45) is 0 Å². The lowest BCUT2D eigenvalue weighted by atomic mass is 9.89. The second-order valence-corrected chi connectivity index (χ2v) is 9.30. The summed E-state index contributed by atoms with van der Waals surface area (Å²) in [6.07, 6.45) is 0.0893. The van der Waals surface area contributed by atoms with Gasteiger partial charge in [-0.25, -0.2) is 9.78 Å². The van der Waals surface area contributed by atoms with Crippen LogP contribution in [0.1, 0.15) is 50.8 Å². The van der Waals surface area contributed by atoms with Crippen molar-refractivity contribution in [1.82, 2.24) is 14.9 Å². The first-order chi connectivity index (χ1) is 15.5. The molecular weight excluding hydrogens is 433 g/mol. The standard InChI is InChI=1S/C24H27F3N4O2/c1-23(2,3)33-22(32)31-10-8-15(9-11-31)19-14-28-20-6-4-16(12-18(19)20)30-17-5-7-21(29-13-17)24(25,26)27/h4-7,12-15,28,30H,8-11H2,1-3H3. The molecule has 0 aliphatic carbocycles. The molecule has 3 heterocycles. The summed E-state index contributed by atoms with van der Waals surface area (Å²) in [6, 6.07) is 8.12. The topological polar surface area (TPSA) is 70.2 Å². The first kappa shape index (κ1) is 22.9. The van der Waals surface area contributed by atoms with Crippen LogP contribution in [0, 0.1) is 0 Å². The SMILES string of the molecule is CC(C)(C)OC(=O)N1CCC(c2c[nH]c3ccc(Nc4ccc(C(F)(F)F)nc4)cc23)CC1. The molecule has 0 bridgehead atoms. The summed E-state index contributed by atoms with van der Waals surface area (Å²) in [5.74, 6) is 0.292. The number of piperidine rings is 1. The molecule has 0 radical (unpaired) electrons. The molecule has 2 N–H and O–H groups in total. The summed E-state index contributed by atoms with van der Waals surface area (Å²) in [5.41, 5.74) is 1.95. The molecule has 1 aromatic carbocycles. The van der Waals surface area contributed by atoms with Crippen molar-refractivity contribution in [3.8, 4) is 0 Å². The van der Waals surface area contributed by atoms with Gasteiger partial charge in [0.15, 0.2) is 0 Å². The number of halogens is 3. The Morgan fingerprint density at radius 1 is 1.12 bits per heavy atom. The van der Waals surface area contributed by atoms with Gasteiger partial charge in [0.25, 0.3) is 0 Å². The highest BCUT2D eigenvalue weighted by Crippen LogP contribution is 2.35. The number of aromatic nitrogens is 2. The number of nitrogens with zero attached hydrogens (tertiary/aromatic N) is 2. The van der Waals surface area contributed by atoms with E-state index in [-0.39, 0.29) is 6.09 Å². The van der Waals surface area contributed by atoms with Crippen molar-refractivity contribution in [3.05, 3.63) is 54.0 Å². The van der Waals surface area contributed by atoms with Crippen LogP contribution < -0.4 is 5.32 Å². The summed E-state index contributed by atoms with van der Waals surface area (Å²) in [6.45, 7) is 6.82. The highest BCUT2D eigenvalue weighted by atomic mass is 19.4. The third-order valence-corrected chi connectivity index (χ3v) is 5.64. The monoisotopic (exact) mass is 460 g/mol. The summed E-state index contributed by atoms with van der Waals surface area (Å²) < 4.78 is 43.7. The van der Waals surface area contributed by atoms with E-state index in [2.05, 4.69) is 15.3 Å². The number of alkyl halides is 3. The van der Waals surface area contributed by atoms with Crippen molar-refractivity contribution in [1.29, 1.82) is 0 Å². The summed E-state index contributed by atoms with van der Waals surface area (Å²) in [7, 11) is 0. The van der Waals surface area contributed by atoms with E-state index in [1.54, 1.807) is 4.90 Å². The van der Waals surface area contributed by atoms with E-state index in [1.807, 2.05) is 45.2 Å². The van der Waals surface area contributed by atoms with Gasteiger partial charge in [0.05, 0.1) is 11.9 Å². The van der Waals surface area contributed by atoms with Gasteiger partial charge in [-0.3, -0.25) is 0 Å². The van der Waals surface area contributed by atoms with Gasteiger partial charge in [-0.15, -0.1) is 0 Å². The van der Waals surface area contributed by atoms with Gasteiger partial charge in [-0.2, -0.15) is 13.2 Å². The zero-order valence-corrected chi connectivity index (χ0v) is 18.8. The number of aromatic amines is 1. The Kier molecular flexibility index (Phi) is 5.99. The van der Waals surface area contributed by atoms with Crippen LogP contribution in [-0.4, -0.2) is 39.7 Å². The number of anilines is 2. The molecule has 3 aromatic rings. The fraction of sp³-hybridized carbons (Fsp3) is 0.417. The van der Waals surface area contributed by atoms with Crippen LogP contribution >= 0.6 is 0 Å². The van der Waals surface area contributed by atoms with Crippen LogP contribution in [0.4, 0.5) is 29.3 Å². The highest BCUT2D eigenvalue weighted by molar-refractivity contribution is 5.87. The van der Waals surface area contributed by atoms with E-state index in [9.17, 15) is 18.0 Å². The number of nitrogens with one attached hydrogen (secondary N) is 2. The number of pyridine rings is 1. The number of rotatable bonds is 3. The van der Waals surface area contributed by atoms with Crippen LogP contribution in [0.2, 0.25) is 0 Å². The minimum atomic E-state index is -4.46. The molecule has 1 saturated heterocycles. The number of hydrogen-bond donors (Lipinski definition) is 2. The fourth-order valence-corrected chi connectivity index (χ4v) is 4.06. The van der Waals surface area contributed by atoms with Gasteiger partial charge >= 0.3 is 12.3 Å². The van der Waals surface area contributed by atoms with Crippen molar-refractivity contribution >= 4 is 28.4 Å². The number of benzene rings is 1. The maximum absolute atomic E-state index is 12.7. The minimum Gasteiger partial charge on any atom is -0.444 e. The Balaban J connectivity index is 1.46. The van der Waals surface area contributed by atoms with Gasteiger partial charge < -0.3 is 19.9 Å². The molecule has 0 saturated carbocycles. The molecule has 0 unspecified atom stereocenters. The van der Waals surface area contributed by atoms with Crippen LogP contribution in [0.15, 0.2) is 42.7 Å². The van der Waals surface area contributed by atoms with Gasteiger partial charge in [0, 0.05) is 35.9 Å². The molecule has 1 amide bonds. The van der Waals surface area contributed by atoms with Gasteiger partial charge in [0.1, 0.15) is 11.3 Å². The smallest absolute Gasteiger partial charge is 0.433 e. The lowest BCUT2D eigenvalue weighted by Gasteiger charge is -2.33. The molecule has 6 nitrogen and oxygen atoms in total. The van der Waals surface area contributed by atoms with E-state index < -0.39 is 17.5 Å². The predicted molar refractivity (Wildman–Crippen MR) is 121 cm³/mol. The Morgan fingerprint density at radius 2 is 1.82 bits per heavy atom. The molecule has 1 aliphatic rings. The summed E-state index contributed by atoms with van der Waals surface area (Å²) in [4.78, 5) is 20.9. The number of H-pyrrole nitrogens is 1. The number of hydrogen-bond acceptors (Lipinski definition) is 4. The lowest BCUT2D eigenvalue weighted by molar-refractivity contribution is -0.141. The average Bonchev–Trinajstić information content (AvgIpc) is 3.16. The minimum absolute atomic E-state index is 0.281. The Bertz CT molecular complexity index is 1130. The molecule has 0 spiro atoms. The number of ether oxygens (including phenoxy) is 1. The van der Waals surface area contributed by atoms with E-state index in [0.717, 1.165) is 35.5 Å². The normalized spacial score (nSPS) is 15.6. The van der Waals surface area contributed by atoms with Crippen LogP contribution in [0.5, 0.6) is 0 Å². The van der Waals surface area contributed by atoms with Crippen molar-refractivity contribution in [2.75, 3.05) is 18.4 Å². The maximum atomic E-state index is 12.7. The van der Waals surface area contributed by atoms with Crippen molar-refractivity contribution in [3.63, 3.8) is 0 Å². The third kappa shape index (κ3) is 5.40. The van der Waals surface area contributed by atoms with Crippen molar-refractivity contribution in [2.45, 2.75) is 51.3 Å². The number of likely N-dealkylation sites (tertiary alicyclic amines) is 1. The van der Waals surface area contributed by atoms with E-state index in [4.69, 9.17) is 4.74 Å². The molecule has 176 valence electrons. The first-order valence-electron chi connectivity index (χ1n) is 10.9. The first-order valence-corrected chi connectivity index (χ1v) is 10.9. The Morgan fingerprint density at radius 3 is 2.42 bits per heavy atom. The van der Waals surface area contributed by atoms with Crippen molar-refractivity contribution < 1.29 is 22.7 Å². The Labute approximate surface area is 190 Å². The molecule has 9 heteroatoms. The van der Waals surface area contributed by atoms with Gasteiger partial charge in [0.2, 0.25) is 0 Å². The second kappa shape index (κ2) is 8.61. The number of fused-ring (bicyclic) bond motifs is 1. The molecule has 33 heavy (non-hydrogen) atoms. The second-order valence-electron chi connectivity index (χ2n) is 9.30. The van der Waals surface area contributed by atoms with Crippen LogP contribution in [0.3, 0.4) is 0 Å². The average molecular weight is 461 g/mol. The van der Waals surface area contributed by atoms with Gasteiger partial charge in [-0.05, 0) is 75.4 Å². The van der Waals surface area contributed by atoms with Crippen LogP contribution in [0.25, 0.3) is 10.9 Å². The van der Waals surface area contributed by atoms with Crippen LogP contribution in [-0.2, 0) is 10.9 Å². The molecule has 1 fully saturated rings. The summed E-state index contributed by atoms with van der Waals surface area (Å²) in [5, 5.41) is 4.18. The van der Waals surface area contributed by atoms with E-state index in [0.29, 0.717) is 24.7 Å². The maximum Gasteiger partial charge on any atom is 0.433 e. The summed E-state index contributed by atoms with van der Waals surface area (Å²) >= 11 is 0. The molecule has 0 atom stereocenters.